The SMILES string of the molecule is Cc1cc(CN2Cc3cccn3C[C@@H](C(=O)NCC3CC3)C2)n(C)n1. The number of rotatable bonds is 5. The van der Waals surface area contributed by atoms with Crippen molar-refractivity contribution >= 4 is 5.91 Å². The van der Waals surface area contributed by atoms with Crippen molar-refractivity contribution in [2.45, 2.75) is 39.4 Å². The molecule has 1 atom stereocenters. The number of nitrogens with zero attached hydrogens (tertiary/aromatic N) is 4. The fraction of sp³-hybridized carbons (Fsp3) is 0.579. The molecule has 25 heavy (non-hydrogen) atoms. The largest absolute Gasteiger partial charge is 0.355 e. The van der Waals surface area contributed by atoms with Crippen LogP contribution in [0.25, 0.3) is 0 Å². The van der Waals surface area contributed by atoms with Crippen LogP contribution in [0.5, 0.6) is 0 Å². The standard InChI is InChI=1S/C19H27N5O/c1-14-8-18(22(2)21-14)13-23-10-16(19(25)20-9-15-5-6-15)11-24-7-3-4-17(24)12-23/h3-4,7-8,15-16H,5-6,9-13H2,1-2H3,(H,20,25)/t16-/m0/s1. The summed E-state index contributed by atoms with van der Waals surface area (Å²) in [7, 11) is 1.99. The van der Waals surface area contributed by atoms with E-state index in [1.165, 1.54) is 24.2 Å². The second-order valence-electron chi connectivity index (χ2n) is 7.61. The maximum atomic E-state index is 12.7. The molecule has 0 radical (unpaired) electrons. The molecule has 134 valence electrons. The average molecular weight is 341 g/mol. The van der Waals surface area contributed by atoms with E-state index in [-0.39, 0.29) is 11.8 Å². The highest BCUT2D eigenvalue weighted by atomic mass is 16.1. The summed E-state index contributed by atoms with van der Waals surface area (Å²) in [6.07, 6.45) is 4.62. The van der Waals surface area contributed by atoms with Gasteiger partial charge in [0.1, 0.15) is 0 Å². The molecule has 1 aliphatic carbocycles. The highest BCUT2D eigenvalue weighted by Gasteiger charge is 2.29. The van der Waals surface area contributed by atoms with Crippen LogP contribution in [0.3, 0.4) is 0 Å². The number of carbonyl (C=O) groups is 1. The molecule has 0 unspecified atom stereocenters. The molecule has 0 aromatic carbocycles. The normalized spacial score (nSPS) is 21.0. The van der Waals surface area contributed by atoms with E-state index in [1.807, 2.05) is 18.7 Å². The Bertz CT molecular complexity index is 758. The molecule has 6 nitrogen and oxygen atoms in total. The van der Waals surface area contributed by atoms with Crippen molar-refractivity contribution in [3.63, 3.8) is 0 Å². The molecule has 0 bridgehead atoms. The summed E-state index contributed by atoms with van der Waals surface area (Å²) in [6.45, 7) is 6.08. The summed E-state index contributed by atoms with van der Waals surface area (Å²) < 4.78 is 4.18. The van der Waals surface area contributed by atoms with Crippen molar-refractivity contribution in [3.8, 4) is 0 Å². The Morgan fingerprint density at radius 3 is 2.92 bits per heavy atom. The van der Waals surface area contributed by atoms with Gasteiger partial charge in [-0.1, -0.05) is 0 Å². The zero-order chi connectivity index (χ0) is 17.4. The lowest BCUT2D eigenvalue weighted by atomic mass is 10.1. The van der Waals surface area contributed by atoms with Gasteiger partial charge >= 0.3 is 0 Å². The lowest BCUT2D eigenvalue weighted by molar-refractivity contribution is -0.126. The molecule has 0 spiro atoms. The molecule has 2 aliphatic rings. The molecule has 4 rings (SSSR count). The van der Waals surface area contributed by atoms with Crippen molar-refractivity contribution in [1.29, 1.82) is 0 Å². The second kappa shape index (κ2) is 6.67. The van der Waals surface area contributed by atoms with E-state index in [0.717, 1.165) is 38.4 Å². The Kier molecular flexibility index (Phi) is 4.37. The van der Waals surface area contributed by atoms with Crippen LogP contribution >= 0.6 is 0 Å². The predicted molar refractivity (Wildman–Crippen MR) is 95.7 cm³/mol. The predicted octanol–water partition coefficient (Wildman–Crippen LogP) is 1.69. The zero-order valence-electron chi connectivity index (χ0n) is 15.1. The van der Waals surface area contributed by atoms with Crippen molar-refractivity contribution in [2.24, 2.45) is 18.9 Å². The summed E-state index contributed by atoms with van der Waals surface area (Å²) in [6, 6.07) is 6.37. The highest BCUT2D eigenvalue weighted by Crippen LogP contribution is 2.28. The molecular weight excluding hydrogens is 314 g/mol. The molecule has 2 aromatic rings. The Morgan fingerprint density at radius 1 is 1.36 bits per heavy atom. The first-order chi connectivity index (χ1) is 12.1. The number of carbonyl (C=O) groups excluding carboxylic acids is 1. The van der Waals surface area contributed by atoms with Crippen LogP contribution in [0.4, 0.5) is 0 Å². The minimum atomic E-state index is -0.0123. The molecule has 2 aromatic heterocycles. The number of amides is 1. The lowest BCUT2D eigenvalue weighted by Crippen LogP contribution is -2.39. The monoisotopic (exact) mass is 341 g/mol. The van der Waals surface area contributed by atoms with Crippen LogP contribution in [-0.2, 0) is 31.5 Å². The summed E-state index contributed by atoms with van der Waals surface area (Å²) in [5.41, 5.74) is 3.50. The average Bonchev–Trinajstić information content (AvgIpc) is 3.26. The quantitative estimate of drug-likeness (QED) is 0.900. The van der Waals surface area contributed by atoms with Gasteiger partial charge in [0.15, 0.2) is 0 Å². The van der Waals surface area contributed by atoms with Crippen LogP contribution in [0.1, 0.15) is 29.9 Å². The molecule has 1 N–H and O–H groups in total. The maximum Gasteiger partial charge on any atom is 0.226 e. The van der Waals surface area contributed by atoms with Gasteiger partial charge in [-0.05, 0) is 43.9 Å². The van der Waals surface area contributed by atoms with Gasteiger partial charge in [-0.25, -0.2) is 0 Å². The third kappa shape index (κ3) is 3.79. The Balaban J connectivity index is 1.50. The van der Waals surface area contributed by atoms with E-state index in [1.54, 1.807) is 0 Å². The Hall–Kier alpha value is -2.08. The van der Waals surface area contributed by atoms with Crippen molar-refractivity contribution < 1.29 is 4.79 Å². The van der Waals surface area contributed by atoms with Crippen molar-refractivity contribution in [1.82, 2.24) is 24.6 Å². The van der Waals surface area contributed by atoms with Gasteiger partial charge in [-0.15, -0.1) is 0 Å². The van der Waals surface area contributed by atoms with Crippen LogP contribution in [0, 0.1) is 18.8 Å². The van der Waals surface area contributed by atoms with E-state index in [4.69, 9.17) is 0 Å². The van der Waals surface area contributed by atoms with Gasteiger partial charge in [0, 0.05) is 51.7 Å². The lowest BCUT2D eigenvalue weighted by Gasteiger charge is -2.23. The smallest absolute Gasteiger partial charge is 0.226 e. The second-order valence-corrected chi connectivity index (χ2v) is 7.61. The minimum absolute atomic E-state index is 0.0123. The first-order valence-corrected chi connectivity index (χ1v) is 9.22. The van der Waals surface area contributed by atoms with Crippen LogP contribution in [-0.4, -0.2) is 38.2 Å². The number of hydrogen-bond acceptors (Lipinski definition) is 3. The number of nitrogens with one attached hydrogen (secondary N) is 1. The first-order valence-electron chi connectivity index (χ1n) is 9.22. The zero-order valence-corrected chi connectivity index (χ0v) is 15.1. The van der Waals surface area contributed by atoms with Gasteiger partial charge in [0.2, 0.25) is 5.91 Å². The topological polar surface area (TPSA) is 55.1 Å². The van der Waals surface area contributed by atoms with Gasteiger partial charge < -0.3 is 9.88 Å². The summed E-state index contributed by atoms with van der Waals surface area (Å²) in [5, 5.41) is 7.62. The summed E-state index contributed by atoms with van der Waals surface area (Å²) in [5.74, 6) is 0.895. The van der Waals surface area contributed by atoms with E-state index in [2.05, 4.69) is 44.3 Å². The number of aromatic nitrogens is 3. The van der Waals surface area contributed by atoms with Gasteiger partial charge in [0.05, 0.1) is 17.3 Å². The third-order valence-electron chi connectivity index (χ3n) is 5.32. The van der Waals surface area contributed by atoms with Gasteiger partial charge in [-0.2, -0.15) is 5.10 Å². The van der Waals surface area contributed by atoms with E-state index in [0.29, 0.717) is 5.92 Å². The molecule has 3 heterocycles. The molecule has 6 heteroatoms. The highest BCUT2D eigenvalue weighted by molar-refractivity contribution is 5.78. The van der Waals surface area contributed by atoms with Crippen LogP contribution < -0.4 is 5.32 Å². The molecular formula is C19H27N5O. The van der Waals surface area contributed by atoms with Crippen molar-refractivity contribution in [2.75, 3.05) is 13.1 Å². The maximum absolute atomic E-state index is 12.7. The summed E-state index contributed by atoms with van der Waals surface area (Å²) in [4.78, 5) is 15.1. The minimum Gasteiger partial charge on any atom is -0.355 e. The number of hydrogen-bond donors (Lipinski definition) is 1. The fourth-order valence-electron chi connectivity index (χ4n) is 3.71. The third-order valence-corrected chi connectivity index (χ3v) is 5.32. The van der Waals surface area contributed by atoms with Gasteiger partial charge in [-0.3, -0.25) is 14.4 Å². The molecule has 1 saturated carbocycles. The Labute approximate surface area is 148 Å². The molecule has 1 amide bonds. The number of aryl methyl sites for hydroxylation is 2. The van der Waals surface area contributed by atoms with Crippen molar-refractivity contribution in [3.05, 3.63) is 41.5 Å². The molecule has 1 fully saturated rings. The van der Waals surface area contributed by atoms with Crippen LogP contribution in [0.15, 0.2) is 24.4 Å². The molecule has 1 aliphatic heterocycles. The summed E-state index contributed by atoms with van der Waals surface area (Å²) >= 11 is 0. The van der Waals surface area contributed by atoms with Gasteiger partial charge in [0.25, 0.3) is 0 Å². The molecule has 0 saturated heterocycles. The van der Waals surface area contributed by atoms with E-state index in [9.17, 15) is 4.79 Å². The van der Waals surface area contributed by atoms with E-state index >= 15 is 0 Å². The number of fused-ring (bicyclic) bond motifs is 1. The first kappa shape index (κ1) is 16.4. The fourth-order valence-corrected chi connectivity index (χ4v) is 3.71. The Morgan fingerprint density at radius 2 is 2.20 bits per heavy atom. The van der Waals surface area contributed by atoms with Crippen LogP contribution in [0.2, 0.25) is 0 Å². The van der Waals surface area contributed by atoms with E-state index < -0.39 is 0 Å².